The lowest BCUT2D eigenvalue weighted by atomic mass is 9.66. The Bertz CT molecular complexity index is 5740. The van der Waals surface area contributed by atoms with Gasteiger partial charge >= 0.3 is 0 Å². The Kier molecular flexibility index (Phi) is 48.7. The van der Waals surface area contributed by atoms with Gasteiger partial charge in [0.2, 0.25) is 0 Å². The standard InChI is InChI=1S/C133H199N3O2S10/c1-24-34-44-54-56-60-70-94(68-58-46-36-26-3)92-135-118(116-117(127(135)138)119(136(126(116)137)93-95(69-59-47-37-27-4)71-61-57-55-45-35-25-2)106-81-79-103(140-106)109-87-97(73-63-49-39-29-6)122(144-109)112-90-101(77-67-53-43-33-10)125(147-112)132(20,21)128(11,12)13)105-80-78-102(139-105)108-86-96(72-62-48-38-28-5)121(143-108)111-89-98(74-64-50-40-30-7)120(146-111)107-83-85-113(142-107)129(14,15)130(16,17)115-91-100(76-66-52-42-32-9)124(148-115)123-99(75-65-51-41-31-8)88-110(145-123)104-82-84-114(141-104)131(18,19)133(22,23)134/h78-91,94-95H,24-77,92-93,134H2,1-23H3. The molecule has 0 saturated carbocycles. The number of unbranched alkanes of at least 4 members (excludes halogenated alkanes) is 34. The van der Waals surface area contributed by atoms with Gasteiger partial charge < -0.3 is 15.5 Å². The van der Waals surface area contributed by atoms with Crippen LogP contribution in [-0.2, 0) is 69.8 Å². The topological polar surface area (TPSA) is 66.6 Å². The summed E-state index contributed by atoms with van der Waals surface area (Å²) in [5, 5.41) is 0. The van der Waals surface area contributed by atoms with Crippen LogP contribution in [0.4, 0.5) is 0 Å². The van der Waals surface area contributed by atoms with Crippen LogP contribution in [-0.4, -0.2) is 40.2 Å². The van der Waals surface area contributed by atoms with Crippen molar-refractivity contribution in [3.8, 4) is 68.3 Å². The number of carbonyl (C=O) groups is 2. The summed E-state index contributed by atoms with van der Waals surface area (Å²) in [6.07, 6.45) is 65.1. The van der Waals surface area contributed by atoms with E-state index in [1.165, 1.54) is 375 Å². The summed E-state index contributed by atoms with van der Waals surface area (Å²) in [7, 11) is 0. The molecule has 2 atom stereocenters. The number of fused-ring (bicyclic) bond motifs is 1. The maximum Gasteiger partial charge on any atom is 0.261 e. The van der Waals surface area contributed by atoms with E-state index in [1.807, 2.05) is 56.7 Å². The molecule has 818 valence electrons. The van der Waals surface area contributed by atoms with E-state index in [-0.39, 0.29) is 44.4 Å². The van der Waals surface area contributed by atoms with Gasteiger partial charge in [-0.2, -0.15) is 0 Å². The van der Waals surface area contributed by atoms with Crippen LogP contribution in [0.3, 0.4) is 0 Å². The number of rotatable bonds is 73. The van der Waals surface area contributed by atoms with Crippen LogP contribution >= 0.6 is 113 Å². The predicted octanol–water partition coefficient (Wildman–Crippen LogP) is 45.8. The van der Waals surface area contributed by atoms with Crippen molar-refractivity contribution in [1.82, 2.24) is 9.80 Å². The van der Waals surface area contributed by atoms with Crippen molar-refractivity contribution in [2.24, 2.45) is 23.0 Å². The SMILES string of the molecule is CCCCCCCCC(CCCCCC)CN1C(=O)C2=C(c3ccc(-c4cc(CCCCCC)c(-c5cc(CCCCCC)c(C(C)(C)C(C)(C)C)s5)s4)s3)N(CC(CCCCCC)CCCCCCCC)C(=O)C2=C1c1ccc(-c2cc(CCCCCC)c(-c3cc(CCCCCC)c(-c4ccc(C(C)(C)C(C)(C)c5cc(CCCCCC)c(-c6sc(-c7ccc(C(C)(C)C(C)(C)N)s7)cc6CCCCCC)s5)s4)s3)s2)s1. The first-order chi connectivity index (χ1) is 71.2. The molecule has 0 aromatic carbocycles. The third kappa shape index (κ3) is 31.3. The molecule has 0 fully saturated rings. The molecule has 10 aromatic heterocycles. The monoisotopic (exact) mass is 2190 g/mol. The third-order valence-electron chi connectivity index (χ3n) is 34.5. The second-order valence-corrected chi connectivity index (χ2v) is 59.3. The van der Waals surface area contributed by atoms with Crippen LogP contribution in [0.15, 0.2) is 96.1 Å². The molecule has 0 bridgehead atoms. The highest BCUT2D eigenvalue weighted by atomic mass is 32.1. The van der Waals surface area contributed by atoms with Crippen LogP contribution in [0.2, 0.25) is 0 Å². The molecule has 0 spiro atoms. The summed E-state index contributed by atoms with van der Waals surface area (Å²) in [6.45, 7) is 56.3. The van der Waals surface area contributed by atoms with E-state index >= 15 is 9.59 Å². The van der Waals surface area contributed by atoms with Gasteiger partial charge in [0.15, 0.2) is 0 Å². The molecule has 148 heavy (non-hydrogen) atoms. The lowest BCUT2D eigenvalue weighted by Gasteiger charge is -2.40. The van der Waals surface area contributed by atoms with Gasteiger partial charge in [0.25, 0.3) is 11.8 Å². The van der Waals surface area contributed by atoms with Crippen molar-refractivity contribution in [2.45, 2.75) is 533 Å². The first kappa shape index (κ1) is 122. The van der Waals surface area contributed by atoms with Crippen LogP contribution in [0.1, 0.15) is 530 Å². The molecule has 0 saturated heterocycles. The number of carbonyl (C=O) groups excluding carboxylic acids is 2. The van der Waals surface area contributed by atoms with Gasteiger partial charge in [-0.05, 0) is 252 Å². The molecule has 15 heteroatoms. The average Bonchev–Trinajstić information content (AvgIpc) is 1.55. The Hall–Kier alpha value is -4.62. The number of amides is 2. The normalized spacial score (nSPS) is 14.1. The van der Waals surface area contributed by atoms with Crippen molar-refractivity contribution in [3.05, 3.63) is 159 Å². The van der Waals surface area contributed by atoms with E-state index in [0.29, 0.717) is 36.1 Å². The fourth-order valence-electron chi connectivity index (χ4n) is 22.2. The maximum absolute atomic E-state index is 17.2. The lowest BCUT2D eigenvalue weighted by Crippen LogP contribution is -2.49. The Morgan fingerprint density at radius 2 is 0.500 bits per heavy atom. The van der Waals surface area contributed by atoms with Crippen molar-refractivity contribution in [2.75, 3.05) is 13.1 Å². The first-order valence-electron chi connectivity index (χ1n) is 60.3. The Labute approximate surface area is 943 Å². The minimum atomic E-state index is -0.351. The van der Waals surface area contributed by atoms with Gasteiger partial charge in [-0.3, -0.25) is 9.59 Å². The largest absolute Gasteiger partial charge is 0.325 e. The molecule has 2 aliphatic heterocycles. The molecule has 12 heterocycles. The molecule has 12 rings (SSSR count). The molecule has 10 aromatic rings. The second kappa shape index (κ2) is 59.1. The van der Waals surface area contributed by atoms with Gasteiger partial charge in [-0.1, -0.05) is 389 Å². The fourth-order valence-corrected chi connectivity index (χ4v) is 35.6. The molecule has 0 aliphatic carbocycles. The molecule has 2 aliphatic rings. The summed E-state index contributed by atoms with van der Waals surface area (Å²) in [4.78, 5) is 66.3. The van der Waals surface area contributed by atoms with Gasteiger partial charge in [-0.25, -0.2) is 0 Å². The summed E-state index contributed by atoms with van der Waals surface area (Å²) < 4.78 is 0. The van der Waals surface area contributed by atoms with E-state index in [4.69, 9.17) is 5.73 Å². The van der Waals surface area contributed by atoms with Crippen molar-refractivity contribution in [1.29, 1.82) is 0 Å². The van der Waals surface area contributed by atoms with E-state index in [1.54, 1.807) is 16.0 Å². The van der Waals surface area contributed by atoms with Crippen molar-refractivity contribution in [3.63, 3.8) is 0 Å². The van der Waals surface area contributed by atoms with Gasteiger partial charge in [0, 0.05) is 128 Å². The quantitative estimate of drug-likeness (QED) is 0.0386. The smallest absolute Gasteiger partial charge is 0.261 e. The zero-order valence-corrected chi connectivity index (χ0v) is 105. The van der Waals surface area contributed by atoms with Gasteiger partial charge in [-0.15, -0.1) is 113 Å². The zero-order valence-electron chi connectivity index (χ0n) is 97.2. The highest BCUT2D eigenvalue weighted by molar-refractivity contribution is 7.30. The first-order valence-corrected chi connectivity index (χ1v) is 68.5. The predicted molar refractivity (Wildman–Crippen MR) is 671 cm³/mol. The molecule has 2 N–H and O–H groups in total. The summed E-state index contributed by atoms with van der Waals surface area (Å²) in [6, 6.07) is 35.0. The number of hydrogen-bond donors (Lipinski definition) is 1. The molecule has 0 radical (unpaired) electrons. The lowest BCUT2D eigenvalue weighted by molar-refractivity contribution is -0.124. The number of nitrogens with two attached hydrogens (primary N) is 1. The molecular weight excluding hydrogens is 1990 g/mol. The molecular formula is C133H199N3O2S10. The molecule has 2 amide bonds. The van der Waals surface area contributed by atoms with Crippen LogP contribution in [0.5, 0.6) is 0 Å². The summed E-state index contributed by atoms with van der Waals surface area (Å²) in [5.74, 6) is 0.726. The zero-order chi connectivity index (χ0) is 106. The number of nitrogens with zero attached hydrogens (tertiary/aromatic N) is 2. The van der Waals surface area contributed by atoms with Crippen molar-refractivity contribution < 1.29 is 9.59 Å². The van der Waals surface area contributed by atoms with E-state index < -0.39 is 0 Å². The number of hydrogen-bond acceptors (Lipinski definition) is 13. The van der Waals surface area contributed by atoms with Crippen LogP contribution < -0.4 is 5.73 Å². The van der Waals surface area contributed by atoms with E-state index in [2.05, 4.69) is 311 Å². The summed E-state index contributed by atoms with van der Waals surface area (Å²) in [5.41, 5.74) is 18.3. The number of thiophene rings is 10. The fraction of sp³-hybridized carbons (Fsp3) is 0.654. The third-order valence-corrected chi connectivity index (χ3v) is 48.5. The second-order valence-electron chi connectivity index (χ2n) is 48.6. The molecule has 2 unspecified atom stereocenters. The van der Waals surface area contributed by atoms with E-state index in [9.17, 15) is 0 Å². The average molecular weight is 2190 g/mol. The Morgan fingerprint density at radius 3 is 0.885 bits per heavy atom. The maximum atomic E-state index is 17.2. The van der Waals surface area contributed by atoms with Crippen LogP contribution in [0.25, 0.3) is 79.7 Å². The Balaban J connectivity index is 0.975. The minimum Gasteiger partial charge on any atom is -0.325 e. The van der Waals surface area contributed by atoms with E-state index in [0.717, 1.165) is 98.2 Å². The Morgan fingerprint density at radius 1 is 0.236 bits per heavy atom. The van der Waals surface area contributed by atoms with Gasteiger partial charge in [0.05, 0.1) is 32.3 Å². The number of aryl methyl sites for hydroxylation is 6. The van der Waals surface area contributed by atoms with Crippen molar-refractivity contribution >= 4 is 137 Å². The van der Waals surface area contributed by atoms with Crippen LogP contribution in [0, 0.1) is 17.3 Å². The molecule has 5 nitrogen and oxygen atoms in total. The minimum absolute atomic E-state index is 0.00214. The van der Waals surface area contributed by atoms with Gasteiger partial charge in [0.1, 0.15) is 0 Å². The highest BCUT2D eigenvalue weighted by Crippen LogP contribution is 2.59. The summed E-state index contributed by atoms with van der Waals surface area (Å²) >= 11 is 20.0. The highest BCUT2D eigenvalue weighted by Gasteiger charge is 2.51.